The summed E-state index contributed by atoms with van der Waals surface area (Å²) < 4.78 is 0. The lowest BCUT2D eigenvalue weighted by atomic mass is 9.82. The third-order valence-electron chi connectivity index (χ3n) is 3.74. The average Bonchev–Trinajstić information content (AvgIpc) is 2.37. The molecule has 0 spiro atoms. The number of carbonyl (C=O) groups is 2. The Morgan fingerprint density at radius 2 is 1.84 bits per heavy atom. The number of rotatable bonds is 6. The summed E-state index contributed by atoms with van der Waals surface area (Å²) in [6.45, 7) is 1.87. The second-order valence-electron chi connectivity index (χ2n) is 5.20. The van der Waals surface area contributed by atoms with Crippen LogP contribution in [0.3, 0.4) is 0 Å². The van der Waals surface area contributed by atoms with E-state index >= 15 is 0 Å². The van der Waals surface area contributed by atoms with Gasteiger partial charge in [-0.05, 0) is 25.2 Å². The Hall–Kier alpha value is -0.810. The summed E-state index contributed by atoms with van der Waals surface area (Å²) in [7, 11) is 0. The lowest BCUT2D eigenvalue weighted by Crippen LogP contribution is -2.49. The Morgan fingerprint density at radius 1 is 1.26 bits per heavy atom. The fourth-order valence-corrected chi connectivity index (χ4v) is 2.56. The highest BCUT2D eigenvalue weighted by Gasteiger charge is 2.27. The lowest BCUT2D eigenvalue weighted by molar-refractivity contribution is -0.124. The van der Waals surface area contributed by atoms with Gasteiger partial charge in [0.05, 0.1) is 6.04 Å². The highest BCUT2D eigenvalue weighted by atomic mass is 35.5. The first-order valence-corrected chi connectivity index (χ1v) is 6.88. The van der Waals surface area contributed by atoms with Crippen LogP contribution in [0.15, 0.2) is 0 Å². The number of hydrogen-bond donors (Lipinski definition) is 3. The van der Waals surface area contributed by atoms with E-state index in [1.54, 1.807) is 0 Å². The molecule has 0 heterocycles. The van der Waals surface area contributed by atoms with Gasteiger partial charge in [0.25, 0.3) is 0 Å². The van der Waals surface area contributed by atoms with Crippen molar-refractivity contribution in [3.63, 3.8) is 0 Å². The van der Waals surface area contributed by atoms with Gasteiger partial charge in [-0.1, -0.05) is 26.2 Å². The Kier molecular flexibility index (Phi) is 8.76. The van der Waals surface area contributed by atoms with Gasteiger partial charge in [0, 0.05) is 12.5 Å². The normalized spacial score (nSPS) is 19.1. The zero-order valence-corrected chi connectivity index (χ0v) is 12.4. The first-order chi connectivity index (χ1) is 8.54. The molecule has 19 heavy (non-hydrogen) atoms. The van der Waals surface area contributed by atoms with Crippen LogP contribution in [-0.4, -0.2) is 23.9 Å². The molecule has 5 nitrogen and oxygen atoms in total. The van der Waals surface area contributed by atoms with E-state index in [1.807, 2.05) is 6.92 Å². The van der Waals surface area contributed by atoms with Crippen LogP contribution in [0.5, 0.6) is 0 Å². The van der Waals surface area contributed by atoms with Crippen LogP contribution in [0.25, 0.3) is 0 Å². The summed E-state index contributed by atoms with van der Waals surface area (Å²) >= 11 is 0. The lowest BCUT2D eigenvalue weighted by Gasteiger charge is -2.31. The molecule has 2 amide bonds. The Morgan fingerprint density at radius 3 is 2.32 bits per heavy atom. The molecule has 1 fully saturated rings. The molecule has 0 bridgehead atoms. The molecule has 1 aliphatic carbocycles. The molecule has 1 saturated carbocycles. The number of carbonyl (C=O) groups excluding carboxylic acids is 2. The quantitative estimate of drug-likeness (QED) is 0.683. The van der Waals surface area contributed by atoms with Gasteiger partial charge in [-0.25, -0.2) is 0 Å². The molecular formula is C13H26ClN3O2. The maximum atomic E-state index is 11.8. The van der Waals surface area contributed by atoms with Crippen molar-refractivity contribution < 1.29 is 9.59 Å². The molecule has 1 aliphatic rings. The number of nitrogens with one attached hydrogen (secondary N) is 1. The summed E-state index contributed by atoms with van der Waals surface area (Å²) in [6.07, 6.45) is 6.49. The van der Waals surface area contributed by atoms with E-state index in [1.165, 1.54) is 6.42 Å². The molecule has 112 valence electrons. The van der Waals surface area contributed by atoms with Crippen molar-refractivity contribution in [1.29, 1.82) is 0 Å². The van der Waals surface area contributed by atoms with Crippen molar-refractivity contribution >= 4 is 24.2 Å². The fourth-order valence-electron chi connectivity index (χ4n) is 2.56. The van der Waals surface area contributed by atoms with E-state index in [0.717, 1.165) is 25.7 Å². The van der Waals surface area contributed by atoms with Gasteiger partial charge in [-0.15, -0.1) is 12.4 Å². The third kappa shape index (κ3) is 6.25. The number of hydrogen-bond acceptors (Lipinski definition) is 3. The number of halogens is 1. The highest BCUT2D eigenvalue weighted by molar-refractivity contribution is 5.85. The summed E-state index contributed by atoms with van der Waals surface area (Å²) in [5.74, 6) is -0.176. The van der Waals surface area contributed by atoms with Crippen LogP contribution in [0.1, 0.15) is 51.9 Å². The van der Waals surface area contributed by atoms with Gasteiger partial charge in [-0.2, -0.15) is 0 Å². The second-order valence-corrected chi connectivity index (χ2v) is 5.20. The summed E-state index contributed by atoms with van der Waals surface area (Å²) in [5, 5.41) is 2.90. The number of amides is 2. The largest absolute Gasteiger partial charge is 0.370 e. The van der Waals surface area contributed by atoms with Crippen molar-refractivity contribution in [1.82, 2.24) is 5.32 Å². The maximum absolute atomic E-state index is 11.8. The molecular weight excluding hydrogens is 266 g/mol. The summed E-state index contributed by atoms with van der Waals surface area (Å²) in [4.78, 5) is 22.9. The van der Waals surface area contributed by atoms with E-state index < -0.39 is 6.04 Å². The molecule has 0 radical (unpaired) electrons. The van der Waals surface area contributed by atoms with Crippen LogP contribution < -0.4 is 16.8 Å². The molecule has 2 atom stereocenters. The van der Waals surface area contributed by atoms with Crippen molar-refractivity contribution in [2.24, 2.45) is 17.4 Å². The first kappa shape index (κ1) is 18.2. The molecule has 0 saturated heterocycles. The zero-order valence-electron chi connectivity index (χ0n) is 11.6. The molecule has 1 rings (SSSR count). The average molecular weight is 292 g/mol. The van der Waals surface area contributed by atoms with Crippen LogP contribution in [0.4, 0.5) is 0 Å². The van der Waals surface area contributed by atoms with Crippen molar-refractivity contribution in [2.45, 2.75) is 64.0 Å². The Labute approximate surface area is 121 Å². The molecule has 6 heteroatoms. The molecule has 0 aliphatic heterocycles. The van der Waals surface area contributed by atoms with Gasteiger partial charge in [0.2, 0.25) is 11.8 Å². The standard InChI is InChI=1S/C13H25N3O2.ClH/c1-2-10(14)13(18)16-11(8-12(15)17)9-6-4-3-5-7-9;/h9-11H,2-8,14H2,1H3,(H2,15,17)(H,16,18);1H/t10-,11?;/m0./s1. The monoisotopic (exact) mass is 291 g/mol. The van der Waals surface area contributed by atoms with Gasteiger partial charge < -0.3 is 16.8 Å². The summed E-state index contributed by atoms with van der Waals surface area (Å²) in [5.41, 5.74) is 11.0. The van der Waals surface area contributed by atoms with Crippen LogP contribution in [0.2, 0.25) is 0 Å². The smallest absolute Gasteiger partial charge is 0.237 e. The van der Waals surface area contributed by atoms with Crippen molar-refractivity contribution in [3.8, 4) is 0 Å². The zero-order chi connectivity index (χ0) is 13.5. The van der Waals surface area contributed by atoms with E-state index in [2.05, 4.69) is 5.32 Å². The number of primary amides is 1. The van der Waals surface area contributed by atoms with E-state index in [0.29, 0.717) is 12.3 Å². The molecule has 0 aromatic rings. The molecule has 0 aromatic heterocycles. The molecule has 1 unspecified atom stereocenters. The van der Waals surface area contributed by atoms with Gasteiger partial charge >= 0.3 is 0 Å². The Bertz CT molecular complexity index is 294. The van der Waals surface area contributed by atoms with Crippen molar-refractivity contribution in [3.05, 3.63) is 0 Å². The fraction of sp³-hybridized carbons (Fsp3) is 0.846. The first-order valence-electron chi connectivity index (χ1n) is 6.88. The SMILES string of the molecule is CC[C@H](N)C(=O)NC(CC(N)=O)C1CCCCC1.Cl. The van der Waals surface area contributed by atoms with Crippen LogP contribution >= 0.6 is 12.4 Å². The minimum absolute atomic E-state index is 0. The molecule has 0 aromatic carbocycles. The van der Waals surface area contributed by atoms with E-state index in [9.17, 15) is 9.59 Å². The molecule has 5 N–H and O–H groups in total. The van der Waals surface area contributed by atoms with E-state index in [-0.39, 0.29) is 36.7 Å². The van der Waals surface area contributed by atoms with Gasteiger partial charge in [-0.3, -0.25) is 9.59 Å². The summed E-state index contributed by atoms with van der Waals surface area (Å²) in [6, 6.07) is -0.642. The predicted molar refractivity (Wildman–Crippen MR) is 77.8 cm³/mol. The third-order valence-corrected chi connectivity index (χ3v) is 3.74. The predicted octanol–water partition coefficient (Wildman–Crippen LogP) is 1.09. The van der Waals surface area contributed by atoms with Crippen LogP contribution in [-0.2, 0) is 9.59 Å². The Balaban J connectivity index is 0.00000324. The second kappa shape index (κ2) is 9.15. The van der Waals surface area contributed by atoms with Gasteiger partial charge in [0.15, 0.2) is 0 Å². The number of nitrogens with two attached hydrogens (primary N) is 2. The topological polar surface area (TPSA) is 98.2 Å². The van der Waals surface area contributed by atoms with E-state index in [4.69, 9.17) is 11.5 Å². The van der Waals surface area contributed by atoms with Crippen LogP contribution in [0, 0.1) is 5.92 Å². The van der Waals surface area contributed by atoms with Crippen molar-refractivity contribution in [2.75, 3.05) is 0 Å². The minimum Gasteiger partial charge on any atom is -0.370 e. The van der Waals surface area contributed by atoms with Gasteiger partial charge in [0.1, 0.15) is 0 Å². The highest BCUT2D eigenvalue weighted by Crippen LogP contribution is 2.27. The minimum atomic E-state index is -0.496. The maximum Gasteiger partial charge on any atom is 0.237 e.